The van der Waals surface area contributed by atoms with Crippen LogP contribution in [0.3, 0.4) is 0 Å². The molecule has 1 saturated carbocycles. The van der Waals surface area contributed by atoms with Gasteiger partial charge in [-0.25, -0.2) is 0 Å². The first-order valence-electron chi connectivity index (χ1n) is 7.11. The maximum Gasteiger partial charge on any atom is 0.0787 e. The molecule has 17 heavy (non-hydrogen) atoms. The first-order valence-corrected chi connectivity index (χ1v) is 8.26. The zero-order valence-corrected chi connectivity index (χ0v) is 12.1. The van der Waals surface area contributed by atoms with Gasteiger partial charge in [-0.2, -0.15) is 11.8 Å². The van der Waals surface area contributed by atoms with Crippen molar-refractivity contribution in [3.8, 4) is 0 Å². The SMILES string of the molecule is CC1CC(C)CC(NCC2(O)CCSCC2)C1. The number of nitrogens with one attached hydrogen (secondary N) is 1. The van der Waals surface area contributed by atoms with Crippen LogP contribution in [0.2, 0.25) is 0 Å². The minimum atomic E-state index is -0.421. The van der Waals surface area contributed by atoms with Crippen LogP contribution in [0.1, 0.15) is 46.0 Å². The highest BCUT2D eigenvalue weighted by molar-refractivity contribution is 7.99. The van der Waals surface area contributed by atoms with Gasteiger partial charge >= 0.3 is 0 Å². The fraction of sp³-hybridized carbons (Fsp3) is 1.00. The van der Waals surface area contributed by atoms with E-state index in [4.69, 9.17) is 0 Å². The molecule has 1 saturated heterocycles. The molecule has 0 aromatic rings. The average molecular weight is 257 g/mol. The predicted molar refractivity (Wildman–Crippen MR) is 75.5 cm³/mol. The van der Waals surface area contributed by atoms with E-state index in [0.717, 1.165) is 42.7 Å². The van der Waals surface area contributed by atoms with Gasteiger partial charge in [-0.1, -0.05) is 13.8 Å². The zero-order valence-electron chi connectivity index (χ0n) is 11.2. The van der Waals surface area contributed by atoms with Crippen molar-refractivity contribution in [1.82, 2.24) is 5.32 Å². The van der Waals surface area contributed by atoms with Crippen LogP contribution in [0.5, 0.6) is 0 Å². The fourth-order valence-electron chi connectivity index (χ4n) is 3.38. The molecule has 2 unspecified atom stereocenters. The van der Waals surface area contributed by atoms with Gasteiger partial charge in [0.05, 0.1) is 5.60 Å². The molecule has 0 aromatic heterocycles. The largest absolute Gasteiger partial charge is 0.389 e. The maximum absolute atomic E-state index is 10.5. The smallest absolute Gasteiger partial charge is 0.0787 e. The van der Waals surface area contributed by atoms with E-state index in [1.165, 1.54) is 19.3 Å². The van der Waals surface area contributed by atoms with E-state index in [9.17, 15) is 5.11 Å². The number of thioether (sulfide) groups is 1. The predicted octanol–water partition coefficient (Wildman–Crippen LogP) is 2.66. The maximum atomic E-state index is 10.5. The second kappa shape index (κ2) is 5.94. The molecular formula is C14H27NOS. The Morgan fingerprint density at radius 2 is 1.71 bits per heavy atom. The van der Waals surface area contributed by atoms with Gasteiger partial charge in [0.25, 0.3) is 0 Å². The van der Waals surface area contributed by atoms with Crippen molar-refractivity contribution >= 4 is 11.8 Å². The lowest BCUT2D eigenvalue weighted by Gasteiger charge is -2.37. The first-order chi connectivity index (χ1) is 8.07. The molecule has 0 bridgehead atoms. The third-order valence-corrected chi connectivity index (χ3v) is 5.31. The molecule has 0 radical (unpaired) electrons. The van der Waals surface area contributed by atoms with E-state index in [0.29, 0.717) is 6.04 Å². The molecule has 100 valence electrons. The van der Waals surface area contributed by atoms with Gasteiger partial charge in [0, 0.05) is 12.6 Å². The van der Waals surface area contributed by atoms with Gasteiger partial charge in [-0.3, -0.25) is 0 Å². The van der Waals surface area contributed by atoms with Crippen molar-refractivity contribution in [3.05, 3.63) is 0 Å². The molecule has 2 atom stereocenters. The van der Waals surface area contributed by atoms with Crippen LogP contribution >= 0.6 is 11.8 Å². The van der Waals surface area contributed by atoms with Crippen LogP contribution in [0.4, 0.5) is 0 Å². The Bertz CT molecular complexity index is 230. The molecule has 1 aliphatic carbocycles. The lowest BCUT2D eigenvalue weighted by Crippen LogP contribution is -2.48. The van der Waals surface area contributed by atoms with Gasteiger partial charge in [-0.05, 0) is 55.4 Å². The molecule has 1 aliphatic heterocycles. The number of aliphatic hydroxyl groups is 1. The Morgan fingerprint density at radius 1 is 1.12 bits per heavy atom. The summed E-state index contributed by atoms with van der Waals surface area (Å²) < 4.78 is 0. The van der Waals surface area contributed by atoms with E-state index in [1.807, 2.05) is 11.8 Å². The summed E-state index contributed by atoms with van der Waals surface area (Å²) in [6.07, 6.45) is 5.87. The summed E-state index contributed by atoms with van der Waals surface area (Å²) >= 11 is 1.97. The minimum absolute atomic E-state index is 0.421. The highest BCUT2D eigenvalue weighted by Crippen LogP contribution is 2.30. The van der Waals surface area contributed by atoms with Gasteiger partial charge in [0.2, 0.25) is 0 Å². The van der Waals surface area contributed by atoms with Crippen LogP contribution in [0.25, 0.3) is 0 Å². The number of rotatable bonds is 3. The Kier molecular flexibility index (Phi) is 4.79. The highest BCUT2D eigenvalue weighted by atomic mass is 32.2. The molecule has 1 heterocycles. The molecule has 2 rings (SSSR count). The van der Waals surface area contributed by atoms with Crippen LogP contribution in [-0.2, 0) is 0 Å². The van der Waals surface area contributed by atoms with Crippen molar-refractivity contribution in [3.63, 3.8) is 0 Å². The summed E-state index contributed by atoms with van der Waals surface area (Å²) in [5.41, 5.74) is -0.421. The van der Waals surface area contributed by atoms with E-state index in [1.54, 1.807) is 0 Å². The fourth-order valence-corrected chi connectivity index (χ4v) is 4.63. The van der Waals surface area contributed by atoms with Crippen LogP contribution in [0.15, 0.2) is 0 Å². The average Bonchev–Trinajstić information content (AvgIpc) is 2.26. The summed E-state index contributed by atoms with van der Waals surface area (Å²) in [7, 11) is 0. The lowest BCUT2D eigenvalue weighted by atomic mass is 9.80. The first kappa shape index (κ1) is 13.7. The van der Waals surface area contributed by atoms with Crippen molar-refractivity contribution in [2.24, 2.45) is 11.8 Å². The number of hydrogen-bond donors (Lipinski definition) is 2. The molecule has 2 nitrogen and oxygen atoms in total. The molecule has 2 aliphatic rings. The monoisotopic (exact) mass is 257 g/mol. The van der Waals surface area contributed by atoms with E-state index >= 15 is 0 Å². The van der Waals surface area contributed by atoms with E-state index in [-0.39, 0.29) is 0 Å². The Morgan fingerprint density at radius 3 is 2.29 bits per heavy atom. The lowest BCUT2D eigenvalue weighted by molar-refractivity contribution is 0.0265. The van der Waals surface area contributed by atoms with Gasteiger partial charge < -0.3 is 10.4 Å². The van der Waals surface area contributed by atoms with E-state index < -0.39 is 5.60 Å². The summed E-state index contributed by atoms with van der Waals surface area (Å²) in [5.74, 6) is 3.92. The molecule has 2 N–H and O–H groups in total. The van der Waals surface area contributed by atoms with Crippen molar-refractivity contribution in [2.45, 2.75) is 57.6 Å². The van der Waals surface area contributed by atoms with Crippen molar-refractivity contribution < 1.29 is 5.11 Å². The summed E-state index contributed by atoms with van der Waals surface area (Å²) in [6, 6.07) is 0.632. The van der Waals surface area contributed by atoms with Gasteiger partial charge in [0.15, 0.2) is 0 Å². The second-order valence-corrected chi connectivity index (χ2v) is 7.56. The normalized spacial score (nSPS) is 37.9. The third kappa shape index (κ3) is 4.15. The molecule has 2 fully saturated rings. The van der Waals surface area contributed by atoms with Crippen molar-refractivity contribution in [2.75, 3.05) is 18.1 Å². The van der Waals surface area contributed by atoms with Crippen LogP contribution in [-0.4, -0.2) is 34.8 Å². The molecule has 3 heteroatoms. The molecular weight excluding hydrogens is 230 g/mol. The van der Waals surface area contributed by atoms with Crippen LogP contribution in [0, 0.1) is 11.8 Å². The summed E-state index contributed by atoms with van der Waals surface area (Å²) in [5, 5.41) is 14.1. The highest BCUT2D eigenvalue weighted by Gasteiger charge is 2.31. The minimum Gasteiger partial charge on any atom is -0.389 e. The topological polar surface area (TPSA) is 32.3 Å². The second-order valence-electron chi connectivity index (χ2n) is 6.33. The molecule has 0 amide bonds. The third-order valence-electron chi connectivity index (χ3n) is 4.32. The summed E-state index contributed by atoms with van der Waals surface area (Å²) in [4.78, 5) is 0. The molecule has 0 spiro atoms. The van der Waals surface area contributed by atoms with E-state index in [2.05, 4.69) is 19.2 Å². The Hall–Kier alpha value is 0.270. The van der Waals surface area contributed by atoms with Crippen LogP contribution < -0.4 is 5.32 Å². The van der Waals surface area contributed by atoms with Gasteiger partial charge in [-0.15, -0.1) is 0 Å². The quantitative estimate of drug-likeness (QED) is 0.815. The molecule has 0 aromatic carbocycles. The van der Waals surface area contributed by atoms with Crippen molar-refractivity contribution in [1.29, 1.82) is 0 Å². The summed E-state index contributed by atoms with van der Waals surface area (Å²) in [6.45, 7) is 5.52. The van der Waals surface area contributed by atoms with Gasteiger partial charge in [0.1, 0.15) is 0 Å². The number of hydrogen-bond acceptors (Lipinski definition) is 3. The zero-order chi connectivity index (χ0) is 12.3. The Balaban J connectivity index is 1.76. The standard InChI is InChI=1S/C14H27NOS/c1-11-7-12(2)9-13(8-11)15-10-14(16)3-5-17-6-4-14/h11-13,15-16H,3-10H2,1-2H3. The Labute approximate surface area is 110 Å².